The lowest BCUT2D eigenvalue weighted by Crippen LogP contribution is -1.98. The summed E-state index contributed by atoms with van der Waals surface area (Å²) in [5, 5.41) is 2.56. The van der Waals surface area contributed by atoms with Crippen LogP contribution >= 0.6 is 22.6 Å². The van der Waals surface area contributed by atoms with E-state index in [4.69, 9.17) is 0 Å². The molecular weight excluding hydrogens is 321 g/mol. The summed E-state index contributed by atoms with van der Waals surface area (Å²) in [5.74, 6) is 0. The van der Waals surface area contributed by atoms with Gasteiger partial charge in [0, 0.05) is 15.2 Å². The summed E-state index contributed by atoms with van der Waals surface area (Å²) >= 11 is 2.44. The molecule has 0 bridgehead atoms. The van der Waals surface area contributed by atoms with Crippen molar-refractivity contribution >= 4 is 38.9 Å². The summed E-state index contributed by atoms with van der Waals surface area (Å²) in [5.41, 5.74) is 2.63. The van der Waals surface area contributed by atoms with Crippen molar-refractivity contribution in [2.45, 2.75) is 25.7 Å². The second-order valence-electron chi connectivity index (χ2n) is 4.48. The first-order valence-electron chi connectivity index (χ1n) is 6.09. The average molecular weight is 335 g/mol. The standard InChI is InChI=1S/C15H14IN/c16-14-13-9-5-4-8-12(13)10-17-15(14)11-6-2-1-3-7-11/h4-6,8-10H,1-3,7H2. The molecule has 0 saturated heterocycles. The van der Waals surface area contributed by atoms with Gasteiger partial charge in [0.15, 0.2) is 0 Å². The van der Waals surface area contributed by atoms with Crippen LogP contribution in [0.3, 0.4) is 0 Å². The molecule has 17 heavy (non-hydrogen) atoms. The molecule has 0 aliphatic heterocycles. The number of hydrogen-bond donors (Lipinski definition) is 0. The van der Waals surface area contributed by atoms with Gasteiger partial charge in [0.1, 0.15) is 0 Å². The molecule has 0 saturated carbocycles. The Morgan fingerprint density at radius 3 is 2.82 bits per heavy atom. The molecular formula is C15H14IN. The van der Waals surface area contributed by atoms with E-state index in [2.05, 4.69) is 57.9 Å². The fourth-order valence-corrected chi connectivity index (χ4v) is 3.38. The number of rotatable bonds is 1. The second kappa shape index (κ2) is 4.77. The van der Waals surface area contributed by atoms with Crippen molar-refractivity contribution in [3.8, 4) is 0 Å². The lowest BCUT2D eigenvalue weighted by atomic mass is 9.96. The second-order valence-corrected chi connectivity index (χ2v) is 5.56. The van der Waals surface area contributed by atoms with Crippen LogP contribution in [0.5, 0.6) is 0 Å². The Bertz CT molecular complexity index is 586. The molecule has 0 radical (unpaired) electrons. The normalized spacial score (nSPS) is 15.9. The smallest absolute Gasteiger partial charge is 0.0798 e. The third-order valence-corrected chi connectivity index (χ3v) is 4.43. The van der Waals surface area contributed by atoms with Gasteiger partial charge in [-0.3, -0.25) is 4.98 Å². The lowest BCUT2D eigenvalue weighted by Gasteiger charge is -2.14. The van der Waals surface area contributed by atoms with Crippen molar-refractivity contribution in [3.05, 3.63) is 45.8 Å². The van der Waals surface area contributed by atoms with Crippen LogP contribution in [0.4, 0.5) is 0 Å². The maximum Gasteiger partial charge on any atom is 0.0798 e. The predicted octanol–water partition coefficient (Wildman–Crippen LogP) is 4.80. The van der Waals surface area contributed by atoms with Gasteiger partial charge in [-0.15, -0.1) is 0 Å². The number of fused-ring (bicyclic) bond motifs is 1. The van der Waals surface area contributed by atoms with Crippen LogP contribution in [-0.2, 0) is 0 Å². The Morgan fingerprint density at radius 2 is 2.00 bits per heavy atom. The minimum absolute atomic E-state index is 1.18. The fourth-order valence-electron chi connectivity index (χ4n) is 2.40. The highest BCUT2D eigenvalue weighted by Gasteiger charge is 2.12. The molecule has 0 spiro atoms. The largest absolute Gasteiger partial charge is 0.255 e. The number of halogens is 1. The summed E-state index contributed by atoms with van der Waals surface area (Å²) in [6.07, 6.45) is 9.39. The van der Waals surface area contributed by atoms with Crippen LogP contribution in [0.1, 0.15) is 31.4 Å². The Morgan fingerprint density at radius 1 is 1.12 bits per heavy atom. The van der Waals surface area contributed by atoms with E-state index >= 15 is 0 Å². The summed E-state index contributed by atoms with van der Waals surface area (Å²) in [4.78, 5) is 4.65. The minimum Gasteiger partial charge on any atom is -0.255 e. The van der Waals surface area contributed by atoms with Gasteiger partial charge in [0.05, 0.1) is 5.69 Å². The SMILES string of the molecule is Ic1c(C2=CCCCC2)ncc2ccccc12. The molecule has 0 atom stereocenters. The zero-order chi connectivity index (χ0) is 11.7. The van der Waals surface area contributed by atoms with Crippen molar-refractivity contribution in [1.29, 1.82) is 0 Å². The average Bonchev–Trinajstić information content (AvgIpc) is 2.40. The molecule has 1 nitrogen and oxygen atoms in total. The maximum atomic E-state index is 4.65. The van der Waals surface area contributed by atoms with E-state index in [9.17, 15) is 0 Å². The highest BCUT2D eigenvalue weighted by atomic mass is 127. The van der Waals surface area contributed by atoms with Crippen LogP contribution in [0.25, 0.3) is 16.3 Å². The quantitative estimate of drug-likeness (QED) is 0.683. The molecule has 0 N–H and O–H groups in total. The molecule has 1 aromatic carbocycles. The number of aromatic nitrogens is 1. The van der Waals surface area contributed by atoms with Crippen LogP contribution in [-0.4, -0.2) is 4.98 Å². The highest BCUT2D eigenvalue weighted by Crippen LogP contribution is 2.31. The van der Waals surface area contributed by atoms with Gasteiger partial charge >= 0.3 is 0 Å². The van der Waals surface area contributed by atoms with Gasteiger partial charge in [0.2, 0.25) is 0 Å². The number of nitrogens with zero attached hydrogens (tertiary/aromatic N) is 1. The van der Waals surface area contributed by atoms with Crippen LogP contribution in [0, 0.1) is 3.57 Å². The first-order chi connectivity index (χ1) is 8.36. The zero-order valence-corrected chi connectivity index (χ0v) is 11.8. The molecule has 2 aromatic rings. The van der Waals surface area contributed by atoms with E-state index < -0.39 is 0 Å². The Balaban J connectivity index is 2.17. The first-order valence-corrected chi connectivity index (χ1v) is 7.17. The van der Waals surface area contributed by atoms with Gasteiger partial charge < -0.3 is 0 Å². The molecule has 1 aliphatic carbocycles. The number of benzene rings is 1. The van der Waals surface area contributed by atoms with Crippen molar-refractivity contribution in [2.24, 2.45) is 0 Å². The Kier molecular flexibility index (Phi) is 3.14. The van der Waals surface area contributed by atoms with Gasteiger partial charge in [-0.1, -0.05) is 30.3 Å². The van der Waals surface area contributed by atoms with E-state index in [0.29, 0.717) is 0 Å². The number of hydrogen-bond acceptors (Lipinski definition) is 1. The van der Waals surface area contributed by atoms with Gasteiger partial charge in [-0.25, -0.2) is 0 Å². The zero-order valence-electron chi connectivity index (χ0n) is 9.62. The monoisotopic (exact) mass is 335 g/mol. The molecule has 86 valence electrons. The lowest BCUT2D eigenvalue weighted by molar-refractivity contribution is 0.739. The fraction of sp³-hybridized carbons (Fsp3) is 0.267. The van der Waals surface area contributed by atoms with Gasteiger partial charge in [0.25, 0.3) is 0 Å². The third kappa shape index (κ3) is 2.10. The predicted molar refractivity (Wildman–Crippen MR) is 80.9 cm³/mol. The van der Waals surface area contributed by atoms with Crippen LogP contribution < -0.4 is 0 Å². The third-order valence-electron chi connectivity index (χ3n) is 3.33. The van der Waals surface area contributed by atoms with Crippen LogP contribution in [0.15, 0.2) is 36.5 Å². The van der Waals surface area contributed by atoms with Gasteiger partial charge in [-0.2, -0.15) is 0 Å². The van der Waals surface area contributed by atoms with Crippen molar-refractivity contribution < 1.29 is 0 Å². The molecule has 2 heteroatoms. The Labute approximate surface area is 115 Å². The number of pyridine rings is 1. The summed E-state index contributed by atoms with van der Waals surface area (Å²) in [6, 6.07) is 8.48. The molecule has 0 amide bonds. The van der Waals surface area contributed by atoms with E-state index in [1.807, 2.05) is 6.20 Å². The molecule has 1 aromatic heterocycles. The van der Waals surface area contributed by atoms with Crippen molar-refractivity contribution in [3.63, 3.8) is 0 Å². The van der Waals surface area contributed by atoms with Crippen molar-refractivity contribution in [2.75, 3.05) is 0 Å². The van der Waals surface area contributed by atoms with E-state index in [-0.39, 0.29) is 0 Å². The summed E-state index contributed by atoms with van der Waals surface area (Å²) in [7, 11) is 0. The molecule has 0 unspecified atom stereocenters. The van der Waals surface area contributed by atoms with Crippen LogP contribution in [0.2, 0.25) is 0 Å². The molecule has 1 heterocycles. The minimum atomic E-state index is 1.18. The topological polar surface area (TPSA) is 12.9 Å². The van der Waals surface area contributed by atoms with E-state index in [1.165, 1.54) is 51.3 Å². The molecule has 3 rings (SSSR count). The van der Waals surface area contributed by atoms with Crippen molar-refractivity contribution in [1.82, 2.24) is 4.98 Å². The highest BCUT2D eigenvalue weighted by molar-refractivity contribution is 14.1. The molecule has 0 fully saturated rings. The van der Waals surface area contributed by atoms with Gasteiger partial charge in [-0.05, 0) is 59.2 Å². The van der Waals surface area contributed by atoms with E-state index in [1.54, 1.807) is 0 Å². The Hall–Kier alpha value is -0.900. The summed E-state index contributed by atoms with van der Waals surface area (Å²) in [6.45, 7) is 0. The van der Waals surface area contributed by atoms with E-state index in [0.717, 1.165) is 0 Å². The molecule has 1 aliphatic rings. The first kappa shape index (κ1) is 11.2. The number of allylic oxidation sites excluding steroid dienone is 2. The maximum absolute atomic E-state index is 4.65. The summed E-state index contributed by atoms with van der Waals surface area (Å²) < 4.78 is 1.30.